The highest BCUT2D eigenvalue weighted by Crippen LogP contribution is 2.33. The molecule has 0 radical (unpaired) electrons. The van der Waals surface area contributed by atoms with Crippen LogP contribution in [0.4, 0.5) is 14.5 Å². The molecule has 3 rings (SSSR count). The van der Waals surface area contributed by atoms with E-state index >= 15 is 0 Å². The largest absolute Gasteiger partial charge is 0.497 e. The Labute approximate surface area is 176 Å². The molecule has 0 spiro atoms. The summed E-state index contributed by atoms with van der Waals surface area (Å²) in [6.07, 6.45) is -1.09. The molecule has 0 aliphatic rings. The number of halogens is 3. The Balaban J connectivity index is 1.80. The van der Waals surface area contributed by atoms with Gasteiger partial charge in [-0.2, -0.15) is 0 Å². The highest BCUT2D eigenvalue weighted by atomic mass is 79.9. The fourth-order valence-electron chi connectivity index (χ4n) is 2.92. The Morgan fingerprint density at radius 1 is 1.00 bits per heavy atom. The fourth-order valence-corrected chi connectivity index (χ4v) is 3.48. The fraction of sp³-hybridized carbons (Fsp3) is 0.182. The summed E-state index contributed by atoms with van der Waals surface area (Å²) >= 11 is 3.38. The van der Waals surface area contributed by atoms with Gasteiger partial charge in [-0.05, 0) is 42.0 Å². The van der Waals surface area contributed by atoms with Crippen molar-refractivity contribution in [2.75, 3.05) is 19.5 Å². The number of hydrogen-bond donors (Lipinski definition) is 2. The number of rotatable bonds is 7. The smallest absolute Gasteiger partial charge is 0.146 e. The van der Waals surface area contributed by atoms with Crippen LogP contribution in [-0.2, 0) is 6.54 Å². The van der Waals surface area contributed by atoms with Gasteiger partial charge in [-0.3, -0.25) is 0 Å². The van der Waals surface area contributed by atoms with Gasteiger partial charge in [-0.1, -0.05) is 28.1 Å². The highest BCUT2D eigenvalue weighted by molar-refractivity contribution is 9.10. The van der Waals surface area contributed by atoms with E-state index in [-0.39, 0.29) is 5.69 Å². The van der Waals surface area contributed by atoms with E-state index in [1.807, 2.05) is 6.07 Å². The van der Waals surface area contributed by atoms with E-state index in [9.17, 15) is 13.9 Å². The molecule has 1 atom stereocenters. The van der Waals surface area contributed by atoms with E-state index in [4.69, 9.17) is 9.47 Å². The van der Waals surface area contributed by atoms with Crippen LogP contribution in [0.2, 0.25) is 0 Å². The van der Waals surface area contributed by atoms with Crippen molar-refractivity contribution in [1.82, 2.24) is 0 Å². The normalized spacial score (nSPS) is 11.8. The Kier molecular flexibility index (Phi) is 6.71. The van der Waals surface area contributed by atoms with Gasteiger partial charge in [0.15, 0.2) is 0 Å². The predicted octanol–water partition coefficient (Wildman–Crippen LogP) is 5.44. The van der Waals surface area contributed by atoms with Crippen molar-refractivity contribution < 1.29 is 23.4 Å². The van der Waals surface area contributed by atoms with Gasteiger partial charge in [0.1, 0.15) is 29.2 Å². The Hall–Kier alpha value is -2.64. The lowest BCUT2D eigenvalue weighted by Crippen LogP contribution is -2.06. The van der Waals surface area contributed by atoms with E-state index in [0.29, 0.717) is 33.6 Å². The summed E-state index contributed by atoms with van der Waals surface area (Å²) in [4.78, 5) is 0. The molecule has 152 valence electrons. The molecule has 0 bridgehead atoms. The molecule has 7 heteroatoms. The third kappa shape index (κ3) is 4.86. The number of anilines is 1. The first kappa shape index (κ1) is 21.1. The van der Waals surface area contributed by atoms with Crippen LogP contribution in [0.1, 0.15) is 22.8 Å². The van der Waals surface area contributed by atoms with Crippen molar-refractivity contribution in [3.05, 3.63) is 87.4 Å². The van der Waals surface area contributed by atoms with Crippen molar-refractivity contribution in [2.24, 2.45) is 0 Å². The van der Waals surface area contributed by atoms with Crippen LogP contribution in [0.3, 0.4) is 0 Å². The summed E-state index contributed by atoms with van der Waals surface area (Å²) in [5.41, 5.74) is 1.92. The van der Waals surface area contributed by atoms with E-state index < -0.39 is 17.7 Å². The molecule has 0 saturated heterocycles. The summed E-state index contributed by atoms with van der Waals surface area (Å²) in [5.74, 6) is 0.370. The van der Waals surface area contributed by atoms with Crippen LogP contribution >= 0.6 is 15.9 Å². The monoisotopic (exact) mass is 463 g/mol. The molecule has 0 fully saturated rings. The van der Waals surface area contributed by atoms with Crippen molar-refractivity contribution in [2.45, 2.75) is 12.6 Å². The zero-order chi connectivity index (χ0) is 21.0. The molecule has 0 saturated carbocycles. The lowest BCUT2D eigenvalue weighted by molar-refractivity contribution is 0.219. The van der Waals surface area contributed by atoms with Gasteiger partial charge < -0.3 is 19.9 Å². The van der Waals surface area contributed by atoms with E-state index in [2.05, 4.69) is 21.2 Å². The van der Waals surface area contributed by atoms with Crippen molar-refractivity contribution >= 4 is 21.6 Å². The van der Waals surface area contributed by atoms with E-state index in [0.717, 1.165) is 5.56 Å². The summed E-state index contributed by atoms with van der Waals surface area (Å²) in [7, 11) is 3.13. The molecule has 4 nitrogen and oxygen atoms in total. The summed E-state index contributed by atoms with van der Waals surface area (Å²) < 4.78 is 38.8. The van der Waals surface area contributed by atoms with Gasteiger partial charge in [0.05, 0.1) is 19.9 Å². The molecule has 3 aromatic carbocycles. The minimum atomic E-state index is -1.09. The standard InChI is InChI=1S/C22H20BrF2NO3/c1-28-16-8-5-14(21(9-16)29-2)12-26-20-11-18(23)17(10-19(20)25)22(27)13-3-6-15(24)7-4-13/h3-11,22,26-27H,12H2,1-2H3. The first-order valence-electron chi connectivity index (χ1n) is 8.80. The van der Waals surface area contributed by atoms with Crippen LogP contribution in [0, 0.1) is 11.6 Å². The second kappa shape index (κ2) is 9.24. The van der Waals surface area contributed by atoms with Crippen molar-refractivity contribution in [1.29, 1.82) is 0 Å². The molecular weight excluding hydrogens is 444 g/mol. The van der Waals surface area contributed by atoms with Crippen molar-refractivity contribution in [3.63, 3.8) is 0 Å². The third-order valence-electron chi connectivity index (χ3n) is 4.53. The van der Waals surface area contributed by atoms with Crippen LogP contribution in [0.15, 0.2) is 59.1 Å². The van der Waals surface area contributed by atoms with Gasteiger partial charge in [0.25, 0.3) is 0 Å². The first-order valence-corrected chi connectivity index (χ1v) is 9.59. The number of aliphatic hydroxyl groups excluding tert-OH is 1. The number of benzene rings is 3. The second-order valence-electron chi connectivity index (χ2n) is 6.34. The molecule has 3 aromatic rings. The van der Waals surface area contributed by atoms with Crippen molar-refractivity contribution in [3.8, 4) is 11.5 Å². The lowest BCUT2D eigenvalue weighted by atomic mass is 10.0. The quantitative estimate of drug-likeness (QED) is 0.489. The Morgan fingerprint density at radius 3 is 2.38 bits per heavy atom. The molecule has 0 aliphatic carbocycles. The van der Waals surface area contributed by atoms with Crippen LogP contribution in [0.25, 0.3) is 0 Å². The predicted molar refractivity (Wildman–Crippen MR) is 111 cm³/mol. The number of methoxy groups -OCH3 is 2. The zero-order valence-electron chi connectivity index (χ0n) is 15.9. The number of aliphatic hydroxyl groups is 1. The molecule has 0 amide bonds. The molecule has 0 aromatic heterocycles. The van der Waals surface area contributed by atoms with Crippen LogP contribution in [-0.4, -0.2) is 19.3 Å². The second-order valence-corrected chi connectivity index (χ2v) is 7.19. The molecule has 29 heavy (non-hydrogen) atoms. The van der Waals surface area contributed by atoms with E-state index in [1.165, 1.54) is 30.3 Å². The van der Waals surface area contributed by atoms with Gasteiger partial charge >= 0.3 is 0 Å². The molecule has 0 aliphatic heterocycles. The third-order valence-corrected chi connectivity index (χ3v) is 5.22. The maximum Gasteiger partial charge on any atom is 0.146 e. The minimum Gasteiger partial charge on any atom is -0.497 e. The number of hydrogen-bond acceptors (Lipinski definition) is 4. The lowest BCUT2D eigenvalue weighted by Gasteiger charge is -2.17. The zero-order valence-corrected chi connectivity index (χ0v) is 17.5. The molecule has 2 N–H and O–H groups in total. The topological polar surface area (TPSA) is 50.7 Å². The first-order chi connectivity index (χ1) is 13.9. The van der Waals surface area contributed by atoms with Crippen LogP contribution < -0.4 is 14.8 Å². The van der Waals surface area contributed by atoms with Crippen LogP contribution in [0.5, 0.6) is 11.5 Å². The summed E-state index contributed by atoms with van der Waals surface area (Å²) in [6.45, 7) is 0.330. The van der Waals surface area contributed by atoms with Gasteiger partial charge in [-0.25, -0.2) is 8.78 Å². The van der Waals surface area contributed by atoms with Gasteiger partial charge in [0.2, 0.25) is 0 Å². The number of nitrogens with one attached hydrogen (secondary N) is 1. The molecule has 0 heterocycles. The maximum absolute atomic E-state index is 14.7. The average Bonchev–Trinajstić information content (AvgIpc) is 2.74. The average molecular weight is 464 g/mol. The van der Waals surface area contributed by atoms with Gasteiger partial charge in [0, 0.05) is 28.2 Å². The van der Waals surface area contributed by atoms with E-state index in [1.54, 1.807) is 32.4 Å². The maximum atomic E-state index is 14.7. The summed E-state index contributed by atoms with van der Waals surface area (Å²) in [5, 5.41) is 13.6. The number of ether oxygens (including phenoxy) is 2. The highest BCUT2D eigenvalue weighted by Gasteiger charge is 2.17. The SMILES string of the molecule is COc1ccc(CNc2cc(Br)c(C(O)c3ccc(F)cc3)cc2F)c(OC)c1. The Bertz CT molecular complexity index is 996. The van der Waals surface area contributed by atoms with Gasteiger partial charge in [-0.15, -0.1) is 0 Å². The Morgan fingerprint density at radius 2 is 1.72 bits per heavy atom. The molecular formula is C22H20BrF2NO3. The minimum absolute atomic E-state index is 0.268. The summed E-state index contributed by atoms with van der Waals surface area (Å²) in [6, 6.07) is 13.6. The molecule has 1 unspecified atom stereocenters.